The van der Waals surface area contributed by atoms with E-state index in [4.69, 9.17) is 21.1 Å². The van der Waals surface area contributed by atoms with E-state index in [9.17, 15) is 19.8 Å². The van der Waals surface area contributed by atoms with Gasteiger partial charge in [-0.2, -0.15) is 0 Å². The predicted molar refractivity (Wildman–Crippen MR) is 137 cm³/mol. The second kappa shape index (κ2) is 9.18. The molecule has 1 saturated heterocycles. The number of rotatable bonds is 5. The van der Waals surface area contributed by atoms with E-state index < -0.39 is 23.5 Å². The molecule has 0 spiro atoms. The van der Waals surface area contributed by atoms with Gasteiger partial charge < -0.3 is 19.7 Å². The highest BCUT2D eigenvalue weighted by Gasteiger charge is 2.48. The summed E-state index contributed by atoms with van der Waals surface area (Å²) in [5, 5.41) is 22.1. The Morgan fingerprint density at radius 1 is 1.03 bits per heavy atom. The number of aromatic nitrogens is 1. The van der Waals surface area contributed by atoms with Gasteiger partial charge in [0.15, 0.2) is 5.13 Å². The standard InChI is InChI=1S/C26H19ClN2O6S/c1-34-17-4-3-5-18(35-2)20(17)23(31)21-22(13-6-9-15(30)10-7-13)29(25(33)24(21)32)26-28-16-11-8-14(27)12-19(16)36-26/h3-12,22,30-31H,1-2H3/b23-21+. The Hall–Kier alpha value is -4.08. The number of hydrogen-bond acceptors (Lipinski definition) is 8. The lowest BCUT2D eigenvalue weighted by atomic mass is 9.94. The second-order valence-electron chi connectivity index (χ2n) is 7.91. The van der Waals surface area contributed by atoms with Crippen LogP contribution in [0.4, 0.5) is 5.13 Å². The number of Topliss-reactive ketones (excluding diaryl/α,β-unsaturated/α-hetero) is 1. The van der Waals surface area contributed by atoms with Gasteiger partial charge in [-0.25, -0.2) is 4.98 Å². The van der Waals surface area contributed by atoms with Crippen molar-refractivity contribution in [1.82, 2.24) is 4.98 Å². The number of halogens is 1. The van der Waals surface area contributed by atoms with E-state index in [1.807, 2.05) is 0 Å². The summed E-state index contributed by atoms with van der Waals surface area (Å²) in [5.74, 6) is -1.66. The fraction of sp³-hybridized carbons (Fsp3) is 0.115. The maximum absolute atomic E-state index is 13.4. The zero-order valence-electron chi connectivity index (χ0n) is 19.1. The zero-order chi connectivity index (χ0) is 25.6. The highest BCUT2D eigenvalue weighted by atomic mass is 35.5. The number of ketones is 1. The number of amides is 1. The number of fused-ring (bicyclic) bond motifs is 1. The molecule has 1 aliphatic rings. The smallest absolute Gasteiger partial charge is 0.301 e. The van der Waals surface area contributed by atoms with Crippen LogP contribution in [-0.2, 0) is 9.59 Å². The largest absolute Gasteiger partial charge is 0.508 e. The Balaban J connectivity index is 1.77. The average molecular weight is 523 g/mol. The number of phenolic OH excluding ortho intramolecular Hbond substituents is 1. The second-order valence-corrected chi connectivity index (χ2v) is 9.35. The summed E-state index contributed by atoms with van der Waals surface area (Å²) < 4.78 is 11.6. The van der Waals surface area contributed by atoms with E-state index in [-0.39, 0.29) is 33.5 Å². The van der Waals surface area contributed by atoms with Gasteiger partial charge in [0.2, 0.25) is 0 Å². The zero-order valence-corrected chi connectivity index (χ0v) is 20.6. The molecule has 2 N–H and O–H groups in total. The van der Waals surface area contributed by atoms with Crippen molar-refractivity contribution in [3.63, 3.8) is 0 Å². The summed E-state index contributed by atoms with van der Waals surface area (Å²) in [6, 6.07) is 15.1. The number of phenols is 1. The van der Waals surface area contributed by atoms with Crippen LogP contribution in [0.5, 0.6) is 17.2 Å². The molecule has 1 fully saturated rings. The van der Waals surface area contributed by atoms with E-state index in [0.29, 0.717) is 16.1 Å². The lowest BCUT2D eigenvalue weighted by Gasteiger charge is -2.23. The number of hydrogen-bond donors (Lipinski definition) is 2. The molecule has 36 heavy (non-hydrogen) atoms. The van der Waals surface area contributed by atoms with Gasteiger partial charge >= 0.3 is 5.91 Å². The molecule has 1 aliphatic heterocycles. The van der Waals surface area contributed by atoms with Crippen LogP contribution < -0.4 is 14.4 Å². The van der Waals surface area contributed by atoms with Crippen LogP contribution in [0.1, 0.15) is 17.2 Å². The number of aromatic hydroxyl groups is 1. The number of aliphatic hydroxyl groups is 1. The minimum atomic E-state index is -1.03. The van der Waals surface area contributed by atoms with Crippen LogP contribution in [0.25, 0.3) is 16.0 Å². The first-order valence-corrected chi connectivity index (χ1v) is 11.9. The molecule has 10 heteroatoms. The number of nitrogens with zero attached hydrogens (tertiary/aromatic N) is 2. The number of thiazole rings is 1. The fourth-order valence-corrected chi connectivity index (χ4v) is 5.48. The van der Waals surface area contributed by atoms with Crippen molar-refractivity contribution in [2.24, 2.45) is 0 Å². The molecule has 1 unspecified atom stereocenters. The summed E-state index contributed by atoms with van der Waals surface area (Å²) in [5.41, 5.74) is 1.07. The van der Waals surface area contributed by atoms with Crippen molar-refractivity contribution >= 4 is 55.7 Å². The summed E-state index contributed by atoms with van der Waals surface area (Å²) in [7, 11) is 2.85. The minimum absolute atomic E-state index is 0.0109. The first-order valence-electron chi connectivity index (χ1n) is 10.7. The van der Waals surface area contributed by atoms with E-state index in [2.05, 4.69) is 4.98 Å². The van der Waals surface area contributed by atoms with Crippen LogP contribution in [0, 0.1) is 0 Å². The molecule has 0 saturated carbocycles. The van der Waals surface area contributed by atoms with Gasteiger partial charge in [-0.15, -0.1) is 0 Å². The van der Waals surface area contributed by atoms with Crippen LogP contribution >= 0.6 is 22.9 Å². The molecule has 0 radical (unpaired) electrons. The predicted octanol–water partition coefficient (Wildman–Crippen LogP) is 5.30. The summed E-state index contributed by atoms with van der Waals surface area (Å²) in [4.78, 5) is 32.7. The van der Waals surface area contributed by atoms with Crippen molar-refractivity contribution in [2.45, 2.75) is 6.04 Å². The number of benzene rings is 3. The first-order chi connectivity index (χ1) is 17.3. The highest BCUT2D eigenvalue weighted by molar-refractivity contribution is 7.22. The third kappa shape index (κ3) is 3.82. The Morgan fingerprint density at radius 3 is 2.33 bits per heavy atom. The van der Waals surface area contributed by atoms with E-state index >= 15 is 0 Å². The van der Waals surface area contributed by atoms with Crippen LogP contribution in [0.2, 0.25) is 5.02 Å². The molecule has 1 amide bonds. The topological polar surface area (TPSA) is 109 Å². The van der Waals surface area contributed by atoms with Crippen molar-refractivity contribution in [1.29, 1.82) is 0 Å². The van der Waals surface area contributed by atoms with Gasteiger partial charge in [0.25, 0.3) is 5.78 Å². The Labute approximate surface area is 214 Å². The van der Waals surface area contributed by atoms with Gasteiger partial charge in [-0.05, 0) is 48.0 Å². The number of carbonyl (C=O) groups is 2. The monoisotopic (exact) mass is 522 g/mol. The van der Waals surface area contributed by atoms with Crippen LogP contribution in [0.15, 0.2) is 66.2 Å². The van der Waals surface area contributed by atoms with Crippen molar-refractivity contribution < 1.29 is 29.3 Å². The average Bonchev–Trinajstić information content (AvgIpc) is 3.41. The van der Waals surface area contributed by atoms with Gasteiger partial charge in [0.1, 0.15) is 28.6 Å². The third-order valence-corrected chi connectivity index (χ3v) is 7.12. The minimum Gasteiger partial charge on any atom is -0.508 e. The normalized spacial score (nSPS) is 17.1. The lowest BCUT2D eigenvalue weighted by Crippen LogP contribution is -2.29. The van der Waals surface area contributed by atoms with Crippen molar-refractivity contribution in [3.05, 3.63) is 82.4 Å². The third-order valence-electron chi connectivity index (χ3n) is 5.86. The molecule has 1 aromatic heterocycles. The lowest BCUT2D eigenvalue weighted by molar-refractivity contribution is -0.132. The first kappa shape index (κ1) is 23.7. The molecule has 4 aromatic rings. The maximum Gasteiger partial charge on any atom is 0.301 e. The van der Waals surface area contributed by atoms with Crippen LogP contribution in [-0.4, -0.2) is 41.1 Å². The molecular formula is C26H19ClN2O6S. The molecule has 5 rings (SSSR count). The molecule has 0 bridgehead atoms. The molecular weight excluding hydrogens is 504 g/mol. The number of ether oxygens (including phenoxy) is 2. The van der Waals surface area contributed by atoms with Gasteiger partial charge in [0.05, 0.1) is 36.1 Å². The maximum atomic E-state index is 13.4. The van der Waals surface area contributed by atoms with Crippen molar-refractivity contribution in [3.8, 4) is 17.2 Å². The highest BCUT2D eigenvalue weighted by Crippen LogP contribution is 2.46. The number of carbonyl (C=O) groups excluding carboxylic acids is 2. The molecule has 3 aromatic carbocycles. The number of methoxy groups -OCH3 is 2. The van der Waals surface area contributed by atoms with E-state index in [1.165, 1.54) is 42.6 Å². The Morgan fingerprint density at radius 2 is 1.69 bits per heavy atom. The van der Waals surface area contributed by atoms with Gasteiger partial charge in [-0.1, -0.05) is 41.1 Å². The van der Waals surface area contributed by atoms with E-state index in [0.717, 1.165) is 4.70 Å². The Bertz CT molecular complexity index is 1520. The molecule has 8 nitrogen and oxygen atoms in total. The summed E-state index contributed by atoms with van der Waals surface area (Å²) in [6.45, 7) is 0. The number of aliphatic hydroxyl groups excluding tert-OH is 1. The van der Waals surface area contributed by atoms with Gasteiger partial charge in [-0.3, -0.25) is 14.5 Å². The molecule has 2 heterocycles. The van der Waals surface area contributed by atoms with Crippen LogP contribution in [0.3, 0.4) is 0 Å². The quantitative estimate of drug-likeness (QED) is 0.208. The molecule has 182 valence electrons. The van der Waals surface area contributed by atoms with E-state index in [1.54, 1.807) is 48.5 Å². The molecule has 0 aliphatic carbocycles. The molecule has 1 atom stereocenters. The Kier molecular flexibility index (Phi) is 6.03. The fourth-order valence-electron chi connectivity index (χ4n) is 4.21. The summed E-state index contributed by atoms with van der Waals surface area (Å²) >= 11 is 7.32. The summed E-state index contributed by atoms with van der Waals surface area (Å²) in [6.07, 6.45) is 0. The van der Waals surface area contributed by atoms with Gasteiger partial charge in [0, 0.05) is 5.02 Å². The number of anilines is 1. The SMILES string of the molecule is COc1cccc(OC)c1/C(O)=C1\C(=O)C(=O)N(c2nc3ccc(Cl)cc3s2)C1c1ccc(O)cc1. The van der Waals surface area contributed by atoms with Crippen molar-refractivity contribution in [2.75, 3.05) is 19.1 Å².